The molecule has 1 aliphatic carbocycles. The van der Waals surface area contributed by atoms with Gasteiger partial charge in [-0.3, -0.25) is 4.79 Å². The molecule has 0 radical (unpaired) electrons. The van der Waals surface area contributed by atoms with Crippen LogP contribution in [0.5, 0.6) is 0 Å². The molecule has 0 aromatic heterocycles. The van der Waals surface area contributed by atoms with E-state index in [1.165, 1.54) is 24.3 Å². The first-order valence-corrected chi connectivity index (χ1v) is 11.3. The van der Waals surface area contributed by atoms with Crippen LogP contribution in [-0.4, -0.2) is 35.7 Å². The highest BCUT2D eigenvalue weighted by molar-refractivity contribution is 6.34. The molecular formula is C27H23ClN2O5. The molecule has 0 fully saturated rings. The van der Waals surface area contributed by atoms with Crippen LogP contribution in [0, 0.1) is 0 Å². The Bertz CT molecular complexity index is 1260. The van der Waals surface area contributed by atoms with E-state index >= 15 is 0 Å². The number of nitrogens with one attached hydrogen (secondary N) is 2. The second-order valence-electron chi connectivity index (χ2n) is 8.04. The minimum atomic E-state index is -1.13. The minimum absolute atomic E-state index is 0.00703. The third-order valence-corrected chi connectivity index (χ3v) is 6.14. The van der Waals surface area contributed by atoms with Crippen LogP contribution >= 0.6 is 11.6 Å². The van der Waals surface area contributed by atoms with E-state index in [1.807, 2.05) is 48.5 Å². The lowest BCUT2D eigenvalue weighted by Crippen LogP contribution is -2.44. The van der Waals surface area contributed by atoms with E-state index < -0.39 is 24.0 Å². The Kier molecular flexibility index (Phi) is 7.17. The van der Waals surface area contributed by atoms with Gasteiger partial charge >= 0.3 is 12.1 Å². The van der Waals surface area contributed by atoms with E-state index in [0.29, 0.717) is 0 Å². The molecule has 1 unspecified atom stereocenters. The monoisotopic (exact) mass is 490 g/mol. The standard InChI is InChI=1S/C27H23ClN2O5/c1-2-7-24(25(31)29-23-13-12-16(26(32)33)14-22(23)28)30-27(34)35-15-21-19-10-5-3-8-17(19)18-9-4-6-11-20(18)21/h2-6,8-14,21,24H,1,7,15H2,(H,29,31)(H,30,34)(H,32,33). The number of benzene rings is 3. The molecule has 2 amide bonds. The summed E-state index contributed by atoms with van der Waals surface area (Å²) in [6, 6.07) is 19.0. The topological polar surface area (TPSA) is 105 Å². The zero-order valence-corrected chi connectivity index (χ0v) is 19.4. The fourth-order valence-electron chi connectivity index (χ4n) is 4.15. The predicted molar refractivity (Wildman–Crippen MR) is 134 cm³/mol. The molecule has 178 valence electrons. The number of ether oxygens (including phenoxy) is 1. The molecule has 8 heteroatoms. The highest BCUT2D eigenvalue weighted by atomic mass is 35.5. The van der Waals surface area contributed by atoms with Crippen LogP contribution in [0.3, 0.4) is 0 Å². The molecule has 4 rings (SSSR count). The molecule has 3 N–H and O–H groups in total. The quantitative estimate of drug-likeness (QED) is 0.364. The number of rotatable bonds is 8. The fourth-order valence-corrected chi connectivity index (χ4v) is 4.38. The van der Waals surface area contributed by atoms with Gasteiger partial charge < -0.3 is 20.5 Å². The van der Waals surface area contributed by atoms with Crippen LogP contribution < -0.4 is 10.6 Å². The number of carbonyl (C=O) groups is 3. The van der Waals surface area contributed by atoms with Gasteiger partial charge in [-0.25, -0.2) is 9.59 Å². The zero-order valence-electron chi connectivity index (χ0n) is 18.7. The molecule has 1 aliphatic rings. The molecule has 0 spiro atoms. The first kappa shape index (κ1) is 24.0. The molecule has 0 saturated heterocycles. The maximum Gasteiger partial charge on any atom is 0.407 e. The van der Waals surface area contributed by atoms with E-state index in [9.17, 15) is 14.4 Å². The molecule has 0 aliphatic heterocycles. The van der Waals surface area contributed by atoms with Crippen molar-refractivity contribution in [2.45, 2.75) is 18.4 Å². The molecule has 3 aromatic carbocycles. The van der Waals surface area contributed by atoms with Gasteiger partial charge in [-0.05, 0) is 46.9 Å². The summed E-state index contributed by atoms with van der Waals surface area (Å²) in [5.74, 6) is -1.78. The number of hydrogen-bond donors (Lipinski definition) is 3. The van der Waals surface area contributed by atoms with Crippen molar-refractivity contribution in [3.05, 3.63) is 101 Å². The number of carboxylic acid groups (broad SMARTS) is 1. The number of carboxylic acids is 1. The van der Waals surface area contributed by atoms with Crippen LogP contribution in [0.25, 0.3) is 11.1 Å². The minimum Gasteiger partial charge on any atom is -0.478 e. The Balaban J connectivity index is 1.41. The van der Waals surface area contributed by atoms with Crippen LogP contribution in [0.2, 0.25) is 5.02 Å². The smallest absolute Gasteiger partial charge is 0.407 e. The van der Waals surface area contributed by atoms with E-state index in [-0.39, 0.29) is 35.2 Å². The van der Waals surface area contributed by atoms with Crippen molar-refractivity contribution in [1.82, 2.24) is 5.32 Å². The average molecular weight is 491 g/mol. The summed E-state index contributed by atoms with van der Waals surface area (Å²) in [6.45, 7) is 3.76. The summed E-state index contributed by atoms with van der Waals surface area (Å²) in [5.41, 5.74) is 4.62. The summed E-state index contributed by atoms with van der Waals surface area (Å²) in [6.07, 6.45) is 0.922. The maximum atomic E-state index is 12.8. The predicted octanol–water partition coefficient (Wildman–Crippen LogP) is 5.46. The summed E-state index contributed by atoms with van der Waals surface area (Å²) in [4.78, 5) is 36.5. The lowest BCUT2D eigenvalue weighted by Gasteiger charge is -2.19. The van der Waals surface area contributed by atoms with Gasteiger partial charge in [0.25, 0.3) is 0 Å². The SMILES string of the molecule is C=CCC(NC(=O)OCC1c2ccccc2-c2ccccc21)C(=O)Nc1ccc(C(=O)O)cc1Cl. The van der Waals surface area contributed by atoms with Crippen molar-refractivity contribution < 1.29 is 24.2 Å². The summed E-state index contributed by atoms with van der Waals surface area (Å²) in [5, 5.41) is 14.3. The van der Waals surface area contributed by atoms with Crippen molar-refractivity contribution >= 4 is 35.3 Å². The van der Waals surface area contributed by atoms with Gasteiger partial charge in [0, 0.05) is 5.92 Å². The van der Waals surface area contributed by atoms with Gasteiger partial charge in [-0.2, -0.15) is 0 Å². The van der Waals surface area contributed by atoms with E-state index in [4.69, 9.17) is 21.4 Å². The van der Waals surface area contributed by atoms with Gasteiger partial charge in [0.2, 0.25) is 5.91 Å². The fraction of sp³-hybridized carbons (Fsp3) is 0.148. The molecular weight excluding hydrogens is 468 g/mol. The Morgan fingerprint density at radius 2 is 1.66 bits per heavy atom. The number of halogens is 1. The Morgan fingerprint density at radius 3 is 2.23 bits per heavy atom. The van der Waals surface area contributed by atoms with Crippen molar-refractivity contribution in [3.63, 3.8) is 0 Å². The van der Waals surface area contributed by atoms with E-state index in [1.54, 1.807) is 0 Å². The summed E-state index contributed by atoms with van der Waals surface area (Å²) >= 11 is 6.10. The second-order valence-corrected chi connectivity index (χ2v) is 8.44. The number of amides is 2. The molecule has 3 aromatic rings. The number of hydrogen-bond acceptors (Lipinski definition) is 4. The molecule has 7 nitrogen and oxygen atoms in total. The number of fused-ring (bicyclic) bond motifs is 3. The van der Waals surface area contributed by atoms with Gasteiger partial charge in [0.05, 0.1) is 16.3 Å². The summed E-state index contributed by atoms with van der Waals surface area (Å²) in [7, 11) is 0. The second kappa shape index (κ2) is 10.4. The normalized spacial score (nSPS) is 12.7. The zero-order chi connectivity index (χ0) is 24.9. The molecule has 35 heavy (non-hydrogen) atoms. The van der Waals surface area contributed by atoms with Gasteiger partial charge in [0.1, 0.15) is 12.6 Å². The molecule has 0 saturated carbocycles. The number of anilines is 1. The van der Waals surface area contributed by atoms with Crippen LogP contribution in [0.4, 0.5) is 10.5 Å². The first-order chi connectivity index (χ1) is 16.9. The van der Waals surface area contributed by atoms with Crippen molar-refractivity contribution in [2.24, 2.45) is 0 Å². The Labute approximate surface area is 207 Å². The Morgan fingerprint density at radius 1 is 1.03 bits per heavy atom. The van der Waals surface area contributed by atoms with Gasteiger partial charge in [0.15, 0.2) is 0 Å². The molecule has 0 heterocycles. The van der Waals surface area contributed by atoms with E-state index in [0.717, 1.165) is 22.3 Å². The number of carbonyl (C=O) groups excluding carboxylic acids is 2. The maximum absolute atomic E-state index is 12.8. The average Bonchev–Trinajstić information content (AvgIpc) is 3.17. The molecule has 0 bridgehead atoms. The first-order valence-electron chi connectivity index (χ1n) is 10.9. The van der Waals surface area contributed by atoms with Gasteiger partial charge in [-0.15, -0.1) is 6.58 Å². The molecule has 1 atom stereocenters. The third kappa shape index (κ3) is 5.20. The highest BCUT2D eigenvalue weighted by Gasteiger charge is 2.29. The van der Waals surface area contributed by atoms with Crippen molar-refractivity contribution in [3.8, 4) is 11.1 Å². The number of alkyl carbamates (subject to hydrolysis) is 1. The largest absolute Gasteiger partial charge is 0.478 e. The van der Waals surface area contributed by atoms with Crippen molar-refractivity contribution in [2.75, 3.05) is 11.9 Å². The highest BCUT2D eigenvalue weighted by Crippen LogP contribution is 2.44. The number of aromatic carboxylic acids is 1. The van der Waals surface area contributed by atoms with E-state index in [2.05, 4.69) is 17.2 Å². The van der Waals surface area contributed by atoms with Crippen LogP contribution in [0.15, 0.2) is 79.4 Å². The summed E-state index contributed by atoms with van der Waals surface area (Å²) < 4.78 is 5.53. The van der Waals surface area contributed by atoms with Crippen molar-refractivity contribution in [1.29, 1.82) is 0 Å². The Hall–Kier alpha value is -4.10. The van der Waals surface area contributed by atoms with Crippen LogP contribution in [0.1, 0.15) is 33.8 Å². The van der Waals surface area contributed by atoms with Gasteiger partial charge in [-0.1, -0.05) is 66.2 Å². The lowest BCUT2D eigenvalue weighted by atomic mass is 9.98. The lowest BCUT2D eigenvalue weighted by molar-refractivity contribution is -0.118. The third-order valence-electron chi connectivity index (χ3n) is 5.83. The van der Waals surface area contributed by atoms with Crippen LogP contribution in [-0.2, 0) is 9.53 Å².